The molecule has 1 nitrogen and oxygen atoms in total. The van der Waals surface area contributed by atoms with E-state index >= 15 is 0 Å². The fourth-order valence-electron chi connectivity index (χ4n) is 1.60. The van der Waals surface area contributed by atoms with Crippen LogP contribution in [0.25, 0.3) is 0 Å². The molecule has 1 aliphatic carbocycles. The molecular weight excluding hydrogens is 328 g/mol. The number of hydrogen-bond acceptors (Lipinski definition) is 2. The van der Waals surface area contributed by atoms with Crippen molar-refractivity contribution in [1.82, 2.24) is 0 Å². The zero-order valence-electron chi connectivity index (χ0n) is 7.56. The summed E-state index contributed by atoms with van der Waals surface area (Å²) in [6.07, 6.45) is 4.48. The molecule has 76 valence electrons. The Kier molecular flexibility index (Phi) is 3.45. The first kappa shape index (κ1) is 10.8. The summed E-state index contributed by atoms with van der Waals surface area (Å²) in [7, 11) is 0. The third-order valence-electron chi connectivity index (χ3n) is 2.66. The van der Waals surface area contributed by atoms with Crippen LogP contribution in [0.15, 0.2) is 13.6 Å². The first-order valence-electron chi connectivity index (χ1n) is 4.65. The molecule has 1 heterocycles. The minimum Gasteiger partial charge on any atom is -0.294 e. The van der Waals surface area contributed by atoms with Gasteiger partial charge in [0.25, 0.3) is 0 Å². The van der Waals surface area contributed by atoms with Gasteiger partial charge in [0.05, 0.1) is 7.57 Å². The standard InChI is InChI=1S/C10H10Br2OS/c11-9-5-7(10(12)14-9)8(13)4-6-2-1-3-6/h5-6H,1-4H2. The van der Waals surface area contributed by atoms with Crippen LogP contribution in [0.5, 0.6) is 0 Å². The Morgan fingerprint density at radius 2 is 2.21 bits per heavy atom. The summed E-state index contributed by atoms with van der Waals surface area (Å²) in [4.78, 5) is 11.8. The van der Waals surface area contributed by atoms with Crippen molar-refractivity contribution in [3.8, 4) is 0 Å². The molecule has 0 saturated heterocycles. The third kappa shape index (κ3) is 2.28. The van der Waals surface area contributed by atoms with Gasteiger partial charge < -0.3 is 0 Å². The number of rotatable bonds is 3. The zero-order valence-corrected chi connectivity index (χ0v) is 11.5. The largest absolute Gasteiger partial charge is 0.294 e. The molecular formula is C10H10Br2OS. The van der Waals surface area contributed by atoms with Gasteiger partial charge in [-0.15, -0.1) is 11.3 Å². The maximum Gasteiger partial charge on any atom is 0.165 e. The highest BCUT2D eigenvalue weighted by molar-refractivity contribution is 9.12. The Morgan fingerprint density at radius 3 is 2.64 bits per heavy atom. The lowest BCUT2D eigenvalue weighted by atomic mass is 9.81. The van der Waals surface area contributed by atoms with Gasteiger partial charge in [-0.1, -0.05) is 19.3 Å². The number of carbonyl (C=O) groups excluding carboxylic acids is 1. The second-order valence-corrected chi connectivity index (χ2v) is 7.41. The van der Waals surface area contributed by atoms with E-state index in [1.165, 1.54) is 19.3 Å². The fourth-order valence-corrected chi connectivity index (χ4v) is 4.46. The molecule has 0 N–H and O–H groups in total. The van der Waals surface area contributed by atoms with Crippen LogP contribution in [0.1, 0.15) is 36.0 Å². The van der Waals surface area contributed by atoms with Crippen LogP contribution in [0.2, 0.25) is 0 Å². The molecule has 0 spiro atoms. The van der Waals surface area contributed by atoms with E-state index in [0.29, 0.717) is 5.92 Å². The molecule has 0 aromatic carbocycles. The molecule has 2 rings (SSSR count). The quantitative estimate of drug-likeness (QED) is 0.734. The van der Waals surface area contributed by atoms with Crippen LogP contribution in [0.4, 0.5) is 0 Å². The zero-order chi connectivity index (χ0) is 10.1. The van der Waals surface area contributed by atoms with E-state index in [0.717, 1.165) is 19.6 Å². The summed E-state index contributed by atoms with van der Waals surface area (Å²) < 4.78 is 1.97. The molecule has 0 unspecified atom stereocenters. The van der Waals surface area contributed by atoms with Gasteiger partial charge in [-0.05, 0) is 43.8 Å². The lowest BCUT2D eigenvalue weighted by molar-refractivity contribution is 0.0936. The molecule has 1 aromatic heterocycles. The maximum atomic E-state index is 11.8. The molecule has 1 aliphatic rings. The van der Waals surface area contributed by atoms with E-state index in [-0.39, 0.29) is 5.78 Å². The number of thiophene rings is 1. The molecule has 1 aromatic rings. The van der Waals surface area contributed by atoms with E-state index in [4.69, 9.17) is 0 Å². The third-order valence-corrected chi connectivity index (χ3v) is 5.00. The number of Topliss-reactive ketones (excluding diaryl/α,β-unsaturated/α-hetero) is 1. The molecule has 0 aliphatic heterocycles. The Balaban J connectivity index is 2.06. The highest BCUT2D eigenvalue weighted by Gasteiger charge is 2.23. The smallest absolute Gasteiger partial charge is 0.165 e. The van der Waals surface area contributed by atoms with E-state index < -0.39 is 0 Å². The van der Waals surface area contributed by atoms with Gasteiger partial charge in [-0.25, -0.2) is 0 Å². The first-order valence-corrected chi connectivity index (χ1v) is 7.05. The fraction of sp³-hybridized carbons (Fsp3) is 0.500. The summed E-state index contributed by atoms with van der Waals surface area (Å²) in [6, 6.07) is 1.91. The lowest BCUT2D eigenvalue weighted by Gasteiger charge is -2.24. The van der Waals surface area contributed by atoms with Gasteiger partial charge in [0.1, 0.15) is 0 Å². The van der Waals surface area contributed by atoms with Gasteiger partial charge in [-0.3, -0.25) is 4.79 Å². The van der Waals surface area contributed by atoms with E-state index in [9.17, 15) is 4.79 Å². The van der Waals surface area contributed by atoms with Gasteiger partial charge in [-0.2, -0.15) is 0 Å². The predicted molar refractivity (Wildman–Crippen MR) is 66.0 cm³/mol. The average molecular weight is 338 g/mol. The summed E-state index contributed by atoms with van der Waals surface area (Å²) in [5.74, 6) is 0.927. The normalized spacial score (nSPS) is 16.7. The van der Waals surface area contributed by atoms with Gasteiger partial charge in [0, 0.05) is 12.0 Å². The van der Waals surface area contributed by atoms with Crippen molar-refractivity contribution >= 4 is 49.0 Å². The van der Waals surface area contributed by atoms with Gasteiger partial charge >= 0.3 is 0 Å². The van der Waals surface area contributed by atoms with Crippen molar-refractivity contribution in [1.29, 1.82) is 0 Å². The van der Waals surface area contributed by atoms with Gasteiger partial charge in [0.2, 0.25) is 0 Å². The van der Waals surface area contributed by atoms with Crippen LogP contribution >= 0.6 is 43.2 Å². The number of halogens is 2. The lowest BCUT2D eigenvalue weighted by Crippen LogP contribution is -2.15. The van der Waals surface area contributed by atoms with Crippen molar-refractivity contribution < 1.29 is 4.79 Å². The topological polar surface area (TPSA) is 17.1 Å². The van der Waals surface area contributed by atoms with E-state index in [1.807, 2.05) is 6.07 Å². The average Bonchev–Trinajstić information content (AvgIpc) is 2.37. The highest BCUT2D eigenvalue weighted by Crippen LogP contribution is 2.35. The van der Waals surface area contributed by atoms with Gasteiger partial charge in [0.15, 0.2) is 5.78 Å². The molecule has 14 heavy (non-hydrogen) atoms. The Morgan fingerprint density at radius 1 is 1.50 bits per heavy atom. The highest BCUT2D eigenvalue weighted by atomic mass is 79.9. The maximum absolute atomic E-state index is 11.8. The number of carbonyl (C=O) groups is 1. The Bertz CT molecular complexity index is 355. The summed E-state index contributed by atoms with van der Waals surface area (Å²) >= 11 is 8.36. The second-order valence-electron chi connectivity index (χ2n) is 3.66. The first-order chi connectivity index (χ1) is 6.66. The van der Waals surface area contributed by atoms with Crippen molar-refractivity contribution in [2.75, 3.05) is 0 Å². The van der Waals surface area contributed by atoms with Crippen LogP contribution in [-0.4, -0.2) is 5.78 Å². The molecule has 4 heteroatoms. The van der Waals surface area contributed by atoms with Crippen LogP contribution in [-0.2, 0) is 0 Å². The number of hydrogen-bond donors (Lipinski definition) is 0. The molecule has 1 fully saturated rings. The minimum absolute atomic E-state index is 0.281. The summed E-state index contributed by atoms with van der Waals surface area (Å²) in [6.45, 7) is 0. The van der Waals surface area contributed by atoms with Crippen LogP contribution in [0.3, 0.4) is 0 Å². The molecule has 0 bridgehead atoms. The van der Waals surface area contributed by atoms with Crippen molar-refractivity contribution in [2.45, 2.75) is 25.7 Å². The summed E-state index contributed by atoms with van der Waals surface area (Å²) in [5.41, 5.74) is 0.841. The number of ketones is 1. The van der Waals surface area contributed by atoms with E-state index in [2.05, 4.69) is 31.9 Å². The minimum atomic E-state index is 0.281. The van der Waals surface area contributed by atoms with E-state index in [1.54, 1.807) is 11.3 Å². The van der Waals surface area contributed by atoms with Crippen LogP contribution in [0, 0.1) is 5.92 Å². The summed E-state index contributed by atoms with van der Waals surface area (Å²) in [5, 5.41) is 0. The Hall–Kier alpha value is 0.330. The molecule has 0 amide bonds. The van der Waals surface area contributed by atoms with Crippen LogP contribution < -0.4 is 0 Å². The molecule has 0 radical (unpaired) electrons. The Labute approximate surface area is 104 Å². The SMILES string of the molecule is O=C(CC1CCC1)c1cc(Br)sc1Br. The van der Waals surface area contributed by atoms with Crippen molar-refractivity contribution in [3.05, 3.63) is 19.2 Å². The second kappa shape index (κ2) is 4.45. The molecule has 0 atom stereocenters. The predicted octanol–water partition coefficient (Wildman–Crippen LogP) is 4.65. The molecule has 1 saturated carbocycles. The van der Waals surface area contributed by atoms with Crippen molar-refractivity contribution in [2.24, 2.45) is 5.92 Å². The monoisotopic (exact) mass is 336 g/mol. The van der Waals surface area contributed by atoms with Crippen molar-refractivity contribution in [3.63, 3.8) is 0 Å².